The van der Waals surface area contributed by atoms with Crippen molar-refractivity contribution in [2.45, 2.75) is 31.6 Å². The number of aromatic hydroxyl groups is 1. The van der Waals surface area contributed by atoms with E-state index in [1.807, 2.05) is 0 Å². The van der Waals surface area contributed by atoms with Gasteiger partial charge in [-0.05, 0) is 37.5 Å². The predicted octanol–water partition coefficient (Wildman–Crippen LogP) is 2.47. The van der Waals surface area contributed by atoms with Gasteiger partial charge in [0.2, 0.25) is 0 Å². The topological polar surface area (TPSA) is 117 Å². The summed E-state index contributed by atoms with van der Waals surface area (Å²) in [6.45, 7) is 5.63. The quantitative estimate of drug-likeness (QED) is 0.544. The number of nitrogens with zero attached hydrogens (tertiary/aromatic N) is 3. The largest absolute Gasteiger partial charge is 0.507 e. The molecule has 2 aromatic heterocycles. The van der Waals surface area contributed by atoms with Gasteiger partial charge < -0.3 is 15.5 Å². The van der Waals surface area contributed by atoms with Crippen molar-refractivity contribution in [3.05, 3.63) is 52.3 Å². The smallest absolute Gasteiger partial charge is 0.322 e. The average molecular weight is 400 g/mol. The van der Waals surface area contributed by atoms with Gasteiger partial charge in [0.15, 0.2) is 5.65 Å². The maximum Gasteiger partial charge on any atom is 0.322 e. The molecule has 0 aliphatic carbocycles. The number of aliphatic carboxylic acids is 1. The summed E-state index contributed by atoms with van der Waals surface area (Å²) in [5.74, 6) is -1.51. The molecule has 0 spiro atoms. The van der Waals surface area contributed by atoms with Gasteiger partial charge in [0, 0.05) is 11.8 Å². The summed E-state index contributed by atoms with van der Waals surface area (Å²) in [6, 6.07) is 5.70. The molecule has 28 heavy (non-hydrogen) atoms. The van der Waals surface area contributed by atoms with Crippen molar-refractivity contribution < 1.29 is 19.8 Å². The number of carboxylic acids is 1. The highest BCUT2D eigenvalue weighted by atomic mass is 32.2. The zero-order chi connectivity index (χ0) is 20.4. The van der Waals surface area contributed by atoms with Gasteiger partial charge in [-0.2, -0.15) is 5.10 Å². The van der Waals surface area contributed by atoms with Crippen molar-refractivity contribution in [1.82, 2.24) is 19.9 Å². The second-order valence-electron chi connectivity index (χ2n) is 6.48. The molecule has 3 N–H and O–H groups in total. The Morgan fingerprint density at radius 1 is 1.18 bits per heavy atom. The normalized spacial score (nSPS) is 11.0. The van der Waals surface area contributed by atoms with Crippen LogP contribution in [0.2, 0.25) is 0 Å². The van der Waals surface area contributed by atoms with E-state index in [4.69, 9.17) is 5.11 Å². The van der Waals surface area contributed by atoms with E-state index in [0.717, 1.165) is 0 Å². The summed E-state index contributed by atoms with van der Waals surface area (Å²) in [5, 5.41) is 26.1. The van der Waals surface area contributed by atoms with Gasteiger partial charge in [0.25, 0.3) is 5.91 Å². The third-order valence-electron chi connectivity index (χ3n) is 4.33. The van der Waals surface area contributed by atoms with Gasteiger partial charge >= 0.3 is 5.97 Å². The zero-order valence-electron chi connectivity index (χ0n) is 15.7. The number of nitrogens with one attached hydrogen (secondary N) is 1. The second kappa shape index (κ2) is 7.89. The molecule has 0 atom stereocenters. The first-order chi connectivity index (χ1) is 13.3. The molecule has 0 saturated carbocycles. The van der Waals surface area contributed by atoms with E-state index in [1.165, 1.54) is 50.9 Å². The summed E-state index contributed by atoms with van der Waals surface area (Å²) >= 11 is 1.47. The number of rotatable bonds is 6. The molecular formula is C19H20N4O4S. The summed E-state index contributed by atoms with van der Waals surface area (Å²) in [6.07, 6.45) is 1.29. The van der Waals surface area contributed by atoms with Gasteiger partial charge in [-0.25, -0.2) is 9.50 Å². The first kappa shape index (κ1) is 19.7. The van der Waals surface area contributed by atoms with Crippen molar-refractivity contribution in [3.8, 4) is 5.75 Å². The van der Waals surface area contributed by atoms with Gasteiger partial charge in [0.05, 0.1) is 0 Å². The standard InChI is InChI=1S/C19H20N4O4S/c1-10-4-11(2)13(12(3)5-10)8-28-15-6-14(24)17(18-21-9-22-23(15)18)19(27)20-7-16(25)26/h4-6,9,24H,7-8H2,1-3H3,(H,20,27)(H,25,26). The number of hydrogen-bond acceptors (Lipinski definition) is 6. The highest BCUT2D eigenvalue weighted by Crippen LogP contribution is 2.32. The monoisotopic (exact) mass is 400 g/mol. The SMILES string of the molecule is Cc1cc(C)c(CSc2cc(O)c(C(=O)NCC(=O)O)c3ncnn23)c(C)c1. The van der Waals surface area contributed by atoms with Crippen LogP contribution >= 0.6 is 11.8 Å². The van der Waals surface area contributed by atoms with E-state index in [0.29, 0.717) is 10.8 Å². The minimum absolute atomic E-state index is 0.106. The number of hydrogen-bond donors (Lipinski definition) is 3. The Bertz CT molecular complexity index is 1050. The molecule has 0 aliphatic heterocycles. The first-order valence-electron chi connectivity index (χ1n) is 8.53. The molecule has 0 unspecified atom stereocenters. The van der Waals surface area contributed by atoms with E-state index >= 15 is 0 Å². The lowest BCUT2D eigenvalue weighted by molar-refractivity contribution is -0.135. The zero-order valence-corrected chi connectivity index (χ0v) is 16.5. The van der Waals surface area contributed by atoms with E-state index in [-0.39, 0.29) is 17.0 Å². The van der Waals surface area contributed by atoms with E-state index in [9.17, 15) is 14.7 Å². The van der Waals surface area contributed by atoms with Gasteiger partial charge in [-0.3, -0.25) is 9.59 Å². The Hall–Kier alpha value is -3.07. The Morgan fingerprint density at radius 3 is 2.50 bits per heavy atom. The average Bonchev–Trinajstić information content (AvgIpc) is 3.08. The number of amides is 1. The number of carbonyl (C=O) groups excluding carboxylic acids is 1. The van der Waals surface area contributed by atoms with Gasteiger partial charge in [0.1, 0.15) is 29.2 Å². The van der Waals surface area contributed by atoms with Crippen molar-refractivity contribution in [1.29, 1.82) is 0 Å². The molecule has 0 bridgehead atoms. The fourth-order valence-corrected chi connectivity index (χ4v) is 4.29. The summed E-state index contributed by atoms with van der Waals surface area (Å²) < 4.78 is 1.47. The molecule has 146 valence electrons. The molecular weight excluding hydrogens is 380 g/mol. The van der Waals surface area contributed by atoms with Crippen LogP contribution in [0, 0.1) is 20.8 Å². The third-order valence-corrected chi connectivity index (χ3v) is 5.35. The third kappa shape index (κ3) is 3.94. The van der Waals surface area contributed by atoms with E-state index in [2.05, 4.69) is 48.3 Å². The lowest BCUT2D eigenvalue weighted by Crippen LogP contribution is -2.29. The number of aryl methyl sites for hydroxylation is 3. The lowest BCUT2D eigenvalue weighted by Gasteiger charge is -2.13. The van der Waals surface area contributed by atoms with Crippen molar-refractivity contribution in [3.63, 3.8) is 0 Å². The van der Waals surface area contributed by atoms with Crippen LogP contribution in [0.15, 0.2) is 29.6 Å². The molecule has 1 aromatic carbocycles. The molecule has 3 rings (SSSR count). The van der Waals surface area contributed by atoms with Crippen molar-refractivity contribution in [2.24, 2.45) is 0 Å². The fourth-order valence-electron chi connectivity index (χ4n) is 3.09. The number of carbonyl (C=O) groups is 2. The number of thioether (sulfide) groups is 1. The summed E-state index contributed by atoms with van der Waals surface area (Å²) in [4.78, 5) is 27.0. The van der Waals surface area contributed by atoms with E-state index in [1.54, 1.807) is 0 Å². The minimum atomic E-state index is -1.18. The van der Waals surface area contributed by atoms with Crippen LogP contribution in [0.25, 0.3) is 5.65 Å². The molecule has 2 heterocycles. The summed E-state index contributed by atoms with van der Waals surface area (Å²) in [7, 11) is 0. The van der Waals surface area contributed by atoms with Crippen LogP contribution in [0.5, 0.6) is 5.75 Å². The molecule has 3 aromatic rings. The predicted molar refractivity (Wildman–Crippen MR) is 105 cm³/mol. The van der Waals surface area contributed by atoms with Crippen molar-refractivity contribution >= 4 is 29.3 Å². The molecule has 1 amide bonds. The molecule has 9 heteroatoms. The van der Waals surface area contributed by atoms with Crippen LogP contribution in [0.1, 0.15) is 32.6 Å². The van der Waals surface area contributed by atoms with Gasteiger partial charge in [-0.15, -0.1) is 11.8 Å². The number of aromatic nitrogens is 3. The van der Waals surface area contributed by atoms with Crippen molar-refractivity contribution in [2.75, 3.05) is 6.54 Å². The number of benzene rings is 1. The molecule has 0 saturated heterocycles. The summed E-state index contributed by atoms with van der Waals surface area (Å²) in [5.41, 5.74) is 4.85. The number of fused-ring (bicyclic) bond motifs is 1. The molecule has 0 aliphatic rings. The van der Waals surface area contributed by atoms with Crippen LogP contribution in [-0.2, 0) is 10.5 Å². The Morgan fingerprint density at radius 2 is 1.86 bits per heavy atom. The Balaban J connectivity index is 1.92. The lowest BCUT2D eigenvalue weighted by atomic mass is 10.0. The van der Waals surface area contributed by atoms with E-state index < -0.39 is 18.4 Å². The molecule has 0 radical (unpaired) electrons. The molecule has 0 fully saturated rings. The Kier molecular flexibility index (Phi) is 5.55. The van der Waals surface area contributed by atoms with Crippen LogP contribution < -0.4 is 5.32 Å². The van der Waals surface area contributed by atoms with Crippen LogP contribution in [0.4, 0.5) is 0 Å². The second-order valence-corrected chi connectivity index (χ2v) is 7.48. The highest BCUT2D eigenvalue weighted by molar-refractivity contribution is 7.98. The number of pyridine rings is 1. The maximum atomic E-state index is 12.3. The van der Waals surface area contributed by atoms with Gasteiger partial charge in [-0.1, -0.05) is 17.7 Å². The first-order valence-corrected chi connectivity index (χ1v) is 9.51. The van der Waals surface area contributed by atoms with Crippen LogP contribution in [0.3, 0.4) is 0 Å². The number of carboxylic acid groups (broad SMARTS) is 1. The Labute approximate surface area is 165 Å². The minimum Gasteiger partial charge on any atom is -0.507 e. The highest BCUT2D eigenvalue weighted by Gasteiger charge is 2.21. The molecule has 8 nitrogen and oxygen atoms in total. The maximum absolute atomic E-state index is 12.3. The fraction of sp³-hybridized carbons (Fsp3) is 0.263. The van der Waals surface area contributed by atoms with Crippen LogP contribution in [-0.4, -0.2) is 43.2 Å².